The molecule has 0 saturated heterocycles. The van der Waals surface area contributed by atoms with E-state index in [0.717, 1.165) is 13.0 Å². The lowest BCUT2D eigenvalue weighted by molar-refractivity contribution is -0.0236. The Hall–Kier alpha value is 0.130. The maximum atomic E-state index is 9.72. The van der Waals surface area contributed by atoms with E-state index in [-0.39, 0.29) is 19.0 Å². The van der Waals surface area contributed by atoms with E-state index in [0.29, 0.717) is 6.54 Å². The van der Waals surface area contributed by atoms with E-state index in [4.69, 9.17) is 5.11 Å². The van der Waals surface area contributed by atoms with Crippen LogP contribution in [-0.4, -0.2) is 52.2 Å². The van der Waals surface area contributed by atoms with Gasteiger partial charge in [0.25, 0.3) is 0 Å². The minimum atomic E-state index is -0.763. The standard InChI is InChI=1S/C23H49NO3.ClH/c1-3-4-5-6-7-8-9-10-11-12-13-14-15-16-17-18-19-24(22(2)26)20-23(27)21-25;/h22-23,25-27H,3-21H2,1-2H3;1H. The predicted octanol–water partition coefficient (Wildman–Crippen LogP) is 5.66. The number of halogens is 1. The fraction of sp³-hybridized carbons (Fsp3) is 1.00. The molecule has 0 saturated carbocycles. The quantitative estimate of drug-likeness (QED) is 0.164. The van der Waals surface area contributed by atoms with E-state index in [1.807, 2.05) is 4.90 Å². The molecule has 0 spiro atoms. The Morgan fingerprint density at radius 3 is 1.32 bits per heavy atom. The molecule has 0 aliphatic carbocycles. The van der Waals surface area contributed by atoms with E-state index >= 15 is 0 Å². The first kappa shape index (κ1) is 30.3. The highest BCUT2D eigenvalue weighted by Gasteiger charge is 2.14. The normalized spacial score (nSPS) is 13.5. The Bertz CT molecular complexity index is 293. The van der Waals surface area contributed by atoms with Gasteiger partial charge in [-0.2, -0.15) is 0 Å². The fourth-order valence-corrected chi connectivity index (χ4v) is 3.62. The summed E-state index contributed by atoms with van der Waals surface area (Å²) in [5.74, 6) is 0. The largest absolute Gasteiger partial charge is 0.394 e. The first-order chi connectivity index (χ1) is 13.1. The Kier molecular flexibility index (Phi) is 25.4. The molecule has 28 heavy (non-hydrogen) atoms. The van der Waals surface area contributed by atoms with Crippen LogP contribution in [0, 0.1) is 0 Å². The van der Waals surface area contributed by atoms with Crippen molar-refractivity contribution in [2.45, 2.75) is 129 Å². The predicted molar refractivity (Wildman–Crippen MR) is 123 cm³/mol. The highest BCUT2D eigenvalue weighted by Crippen LogP contribution is 2.14. The molecule has 0 aromatic heterocycles. The Morgan fingerprint density at radius 1 is 0.643 bits per heavy atom. The maximum Gasteiger partial charge on any atom is 0.104 e. The van der Waals surface area contributed by atoms with Gasteiger partial charge in [-0.05, 0) is 13.3 Å². The number of aliphatic hydroxyl groups is 3. The van der Waals surface area contributed by atoms with Gasteiger partial charge in [0.05, 0.1) is 12.7 Å². The molecule has 0 rings (SSSR count). The Morgan fingerprint density at radius 2 is 1.00 bits per heavy atom. The lowest BCUT2D eigenvalue weighted by Gasteiger charge is -2.27. The van der Waals surface area contributed by atoms with Crippen LogP contribution in [0.15, 0.2) is 0 Å². The van der Waals surface area contributed by atoms with Crippen LogP contribution in [0.4, 0.5) is 0 Å². The summed E-state index contributed by atoms with van der Waals surface area (Å²) in [4.78, 5) is 1.84. The van der Waals surface area contributed by atoms with Gasteiger partial charge >= 0.3 is 0 Å². The molecule has 0 bridgehead atoms. The smallest absolute Gasteiger partial charge is 0.104 e. The molecule has 0 aromatic rings. The summed E-state index contributed by atoms with van der Waals surface area (Å²) in [7, 11) is 0. The van der Waals surface area contributed by atoms with Crippen LogP contribution in [0.5, 0.6) is 0 Å². The summed E-state index contributed by atoms with van der Waals surface area (Å²) in [6.07, 6.45) is 20.3. The maximum absolute atomic E-state index is 9.72. The van der Waals surface area contributed by atoms with Gasteiger partial charge in [-0.1, -0.05) is 103 Å². The van der Waals surface area contributed by atoms with Crippen molar-refractivity contribution in [1.82, 2.24) is 4.90 Å². The summed E-state index contributed by atoms with van der Waals surface area (Å²) in [5, 5.41) is 28.1. The summed E-state index contributed by atoms with van der Waals surface area (Å²) in [5.41, 5.74) is 0. The molecule has 172 valence electrons. The number of rotatable bonds is 21. The van der Waals surface area contributed by atoms with Crippen molar-refractivity contribution >= 4 is 12.4 Å². The van der Waals surface area contributed by atoms with Crippen LogP contribution in [0.2, 0.25) is 0 Å². The van der Waals surface area contributed by atoms with Crippen molar-refractivity contribution in [3.8, 4) is 0 Å². The molecule has 0 amide bonds. The van der Waals surface area contributed by atoms with Gasteiger partial charge < -0.3 is 15.3 Å². The summed E-state index contributed by atoms with van der Waals surface area (Å²) < 4.78 is 0. The minimum Gasteiger partial charge on any atom is -0.394 e. The van der Waals surface area contributed by atoms with Crippen LogP contribution >= 0.6 is 12.4 Å². The third-order valence-corrected chi connectivity index (χ3v) is 5.48. The molecule has 0 fully saturated rings. The Labute approximate surface area is 181 Å². The van der Waals surface area contributed by atoms with Gasteiger partial charge in [0, 0.05) is 13.1 Å². The lowest BCUT2D eigenvalue weighted by atomic mass is 10.0. The molecular weight excluding hydrogens is 374 g/mol. The monoisotopic (exact) mass is 423 g/mol. The van der Waals surface area contributed by atoms with Crippen molar-refractivity contribution in [2.75, 3.05) is 19.7 Å². The summed E-state index contributed by atoms with van der Waals surface area (Å²) in [6.45, 7) is 4.87. The van der Waals surface area contributed by atoms with Gasteiger partial charge in [-0.3, -0.25) is 4.90 Å². The Balaban J connectivity index is 0. The average molecular weight is 424 g/mol. The second-order valence-corrected chi connectivity index (χ2v) is 8.27. The number of nitrogens with zero attached hydrogens (tertiary/aromatic N) is 1. The van der Waals surface area contributed by atoms with Crippen molar-refractivity contribution in [1.29, 1.82) is 0 Å². The number of unbranched alkanes of at least 4 members (excludes halogenated alkanes) is 15. The van der Waals surface area contributed by atoms with E-state index < -0.39 is 12.3 Å². The molecule has 0 aliphatic rings. The van der Waals surface area contributed by atoms with Gasteiger partial charge in [-0.25, -0.2) is 0 Å². The zero-order valence-corrected chi connectivity index (χ0v) is 19.6. The molecule has 3 N–H and O–H groups in total. The number of hydrogen-bond donors (Lipinski definition) is 3. The SMILES string of the molecule is CCCCCCCCCCCCCCCCCCN(CC(O)CO)C(C)O.Cl. The third-order valence-electron chi connectivity index (χ3n) is 5.48. The number of hydrogen-bond acceptors (Lipinski definition) is 4. The second-order valence-electron chi connectivity index (χ2n) is 8.27. The third kappa shape index (κ3) is 20.9. The molecular formula is C23H50ClNO3. The molecule has 0 aromatic carbocycles. The summed E-state index contributed by atoms with van der Waals surface area (Å²) in [6, 6.07) is 0. The van der Waals surface area contributed by atoms with Crippen molar-refractivity contribution in [3.63, 3.8) is 0 Å². The van der Waals surface area contributed by atoms with E-state index in [1.54, 1.807) is 6.92 Å². The molecule has 0 aliphatic heterocycles. The van der Waals surface area contributed by atoms with E-state index in [1.165, 1.54) is 96.3 Å². The van der Waals surface area contributed by atoms with Gasteiger partial charge in [-0.15, -0.1) is 12.4 Å². The zero-order valence-electron chi connectivity index (χ0n) is 18.8. The lowest BCUT2D eigenvalue weighted by Crippen LogP contribution is -2.40. The molecule has 4 nitrogen and oxygen atoms in total. The molecule has 0 radical (unpaired) electrons. The number of aliphatic hydroxyl groups excluding tert-OH is 3. The van der Waals surface area contributed by atoms with Gasteiger partial charge in [0.1, 0.15) is 6.23 Å². The first-order valence-electron chi connectivity index (χ1n) is 11.8. The van der Waals surface area contributed by atoms with E-state index in [2.05, 4.69) is 6.92 Å². The van der Waals surface area contributed by atoms with Crippen LogP contribution in [0.1, 0.15) is 117 Å². The molecule has 5 heteroatoms. The molecule has 2 atom stereocenters. The highest BCUT2D eigenvalue weighted by atomic mass is 35.5. The van der Waals surface area contributed by atoms with Gasteiger partial charge in [0.2, 0.25) is 0 Å². The van der Waals surface area contributed by atoms with Crippen LogP contribution in [0.3, 0.4) is 0 Å². The van der Waals surface area contributed by atoms with Crippen LogP contribution in [-0.2, 0) is 0 Å². The van der Waals surface area contributed by atoms with E-state index in [9.17, 15) is 10.2 Å². The van der Waals surface area contributed by atoms with Crippen molar-refractivity contribution in [3.05, 3.63) is 0 Å². The van der Waals surface area contributed by atoms with Crippen molar-refractivity contribution < 1.29 is 15.3 Å². The topological polar surface area (TPSA) is 63.9 Å². The fourth-order valence-electron chi connectivity index (χ4n) is 3.62. The minimum absolute atomic E-state index is 0. The van der Waals surface area contributed by atoms with Crippen molar-refractivity contribution in [2.24, 2.45) is 0 Å². The van der Waals surface area contributed by atoms with Crippen LogP contribution < -0.4 is 0 Å². The second kappa shape index (κ2) is 23.4. The highest BCUT2D eigenvalue weighted by molar-refractivity contribution is 5.85. The summed E-state index contributed by atoms with van der Waals surface area (Å²) >= 11 is 0. The average Bonchev–Trinajstić information content (AvgIpc) is 2.66. The zero-order chi connectivity index (χ0) is 20.2. The molecule has 2 unspecified atom stereocenters. The molecule has 0 heterocycles. The van der Waals surface area contributed by atoms with Gasteiger partial charge in [0.15, 0.2) is 0 Å². The van der Waals surface area contributed by atoms with Crippen LogP contribution in [0.25, 0.3) is 0 Å². The first-order valence-corrected chi connectivity index (χ1v) is 11.8.